The van der Waals surface area contributed by atoms with Gasteiger partial charge in [-0.05, 0) is 18.6 Å². The maximum Gasteiger partial charge on any atom is 0.339 e. The Morgan fingerprint density at radius 3 is 2.43 bits per heavy atom. The van der Waals surface area contributed by atoms with Gasteiger partial charge in [-0.25, -0.2) is 14.8 Å². The minimum absolute atomic E-state index is 0.0368. The van der Waals surface area contributed by atoms with Crippen LogP contribution in [0, 0.1) is 10.1 Å². The second kappa shape index (κ2) is 5.53. The fourth-order valence-electron chi connectivity index (χ4n) is 1.96. The Kier molecular flexibility index (Phi) is 3.79. The van der Waals surface area contributed by atoms with Gasteiger partial charge in [0.25, 0.3) is 5.69 Å². The number of nitro benzene ring substituents is 1. The summed E-state index contributed by atoms with van der Waals surface area (Å²) in [6.45, 7) is 1.76. The van der Waals surface area contributed by atoms with E-state index < -0.39 is 10.9 Å². The molecule has 0 amide bonds. The summed E-state index contributed by atoms with van der Waals surface area (Å²) in [5.74, 6) is -1.20. The van der Waals surface area contributed by atoms with E-state index in [4.69, 9.17) is 5.73 Å². The fourth-order valence-corrected chi connectivity index (χ4v) is 1.96. The van der Waals surface area contributed by atoms with Crippen LogP contribution in [0.2, 0.25) is 0 Å². The number of anilines is 1. The molecule has 108 valence electrons. The van der Waals surface area contributed by atoms with Gasteiger partial charge < -0.3 is 10.8 Å². The molecule has 0 radical (unpaired) electrons. The minimum Gasteiger partial charge on any atom is -0.478 e. The van der Waals surface area contributed by atoms with Gasteiger partial charge in [-0.1, -0.05) is 6.92 Å². The number of aromatic nitrogens is 2. The van der Waals surface area contributed by atoms with Crippen LogP contribution in [-0.4, -0.2) is 26.0 Å². The zero-order valence-electron chi connectivity index (χ0n) is 11.1. The number of benzene rings is 1. The van der Waals surface area contributed by atoms with Gasteiger partial charge in [0.1, 0.15) is 5.56 Å². The van der Waals surface area contributed by atoms with Crippen LogP contribution < -0.4 is 5.73 Å². The van der Waals surface area contributed by atoms with Crippen LogP contribution in [0.5, 0.6) is 0 Å². The SMILES string of the molecule is CCc1nc(N)nc(-c2ccc([N+](=O)[O-])cc2)c1C(=O)O. The number of carboxylic acids is 1. The van der Waals surface area contributed by atoms with E-state index in [1.54, 1.807) is 6.92 Å². The predicted molar refractivity (Wildman–Crippen MR) is 74.9 cm³/mol. The third-order valence-electron chi connectivity index (χ3n) is 2.90. The van der Waals surface area contributed by atoms with E-state index >= 15 is 0 Å². The first kappa shape index (κ1) is 14.4. The number of aryl methyl sites for hydroxylation is 1. The van der Waals surface area contributed by atoms with E-state index in [0.717, 1.165) is 0 Å². The summed E-state index contributed by atoms with van der Waals surface area (Å²) in [6, 6.07) is 5.44. The first-order valence-electron chi connectivity index (χ1n) is 6.08. The Hall–Kier alpha value is -3.03. The van der Waals surface area contributed by atoms with E-state index in [1.807, 2.05) is 0 Å². The lowest BCUT2D eigenvalue weighted by atomic mass is 10.0. The third kappa shape index (κ3) is 2.78. The zero-order valence-corrected chi connectivity index (χ0v) is 11.1. The number of hydrogen-bond acceptors (Lipinski definition) is 6. The number of nitrogens with two attached hydrogens (primary N) is 1. The number of rotatable bonds is 4. The summed E-state index contributed by atoms with van der Waals surface area (Å²) < 4.78 is 0. The molecule has 0 aliphatic carbocycles. The van der Waals surface area contributed by atoms with Crippen molar-refractivity contribution in [3.63, 3.8) is 0 Å². The number of carboxylic acid groups (broad SMARTS) is 1. The normalized spacial score (nSPS) is 10.3. The maximum atomic E-state index is 11.4. The highest BCUT2D eigenvalue weighted by Crippen LogP contribution is 2.26. The quantitative estimate of drug-likeness (QED) is 0.648. The van der Waals surface area contributed by atoms with Crippen LogP contribution >= 0.6 is 0 Å². The van der Waals surface area contributed by atoms with E-state index in [0.29, 0.717) is 17.7 Å². The van der Waals surface area contributed by atoms with Crippen LogP contribution in [0.3, 0.4) is 0 Å². The number of nitrogen functional groups attached to an aromatic ring is 1. The molecule has 0 aliphatic heterocycles. The molecule has 0 saturated carbocycles. The molecule has 2 aromatic rings. The predicted octanol–water partition coefficient (Wildman–Crippen LogP) is 1.89. The highest BCUT2D eigenvalue weighted by molar-refractivity contribution is 5.96. The van der Waals surface area contributed by atoms with Crippen LogP contribution in [0.15, 0.2) is 24.3 Å². The molecule has 1 heterocycles. The van der Waals surface area contributed by atoms with Gasteiger partial charge in [0.15, 0.2) is 0 Å². The average molecular weight is 288 g/mol. The second-order valence-electron chi connectivity index (χ2n) is 4.21. The van der Waals surface area contributed by atoms with E-state index in [2.05, 4.69) is 9.97 Å². The van der Waals surface area contributed by atoms with Crippen LogP contribution in [0.1, 0.15) is 23.0 Å². The molecule has 1 aromatic carbocycles. The largest absolute Gasteiger partial charge is 0.478 e. The summed E-state index contributed by atoms with van der Waals surface area (Å²) in [5, 5.41) is 20.0. The molecular formula is C13H12N4O4. The van der Waals surface area contributed by atoms with E-state index in [1.165, 1.54) is 24.3 Å². The van der Waals surface area contributed by atoms with Crippen LogP contribution in [-0.2, 0) is 6.42 Å². The lowest BCUT2D eigenvalue weighted by molar-refractivity contribution is -0.384. The molecule has 2 rings (SSSR count). The highest BCUT2D eigenvalue weighted by Gasteiger charge is 2.20. The molecule has 0 bridgehead atoms. The summed E-state index contributed by atoms with van der Waals surface area (Å²) in [5.41, 5.74) is 6.37. The molecule has 1 aromatic heterocycles. The minimum atomic E-state index is -1.17. The molecule has 0 fully saturated rings. The molecule has 0 saturated heterocycles. The summed E-state index contributed by atoms with van der Waals surface area (Å²) in [6.07, 6.45) is 0.383. The summed E-state index contributed by atoms with van der Waals surface area (Å²) in [7, 11) is 0. The van der Waals surface area contributed by atoms with Gasteiger partial charge in [-0.15, -0.1) is 0 Å². The first-order valence-corrected chi connectivity index (χ1v) is 6.08. The Morgan fingerprint density at radius 1 is 1.33 bits per heavy atom. The highest BCUT2D eigenvalue weighted by atomic mass is 16.6. The number of hydrogen-bond donors (Lipinski definition) is 2. The lowest BCUT2D eigenvalue weighted by Gasteiger charge is -2.10. The molecule has 0 aliphatic rings. The zero-order chi connectivity index (χ0) is 15.6. The second-order valence-corrected chi connectivity index (χ2v) is 4.21. The molecule has 0 spiro atoms. The molecule has 0 atom stereocenters. The topological polar surface area (TPSA) is 132 Å². The number of non-ortho nitro benzene ring substituents is 1. The van der Waals surface area contributed by atoms with Gasteiger partial charge in [-0.2, -0.15) is 0 Å². The molecular weight excluding hydrogens is 276 g/mol. The smallest absolute Gasteiger partial charge is 0.339 e. The number of aromatic carboxylic acids is 1. The first-order chi connectivity index (χ1) is 9.93. The summed E-state index contributed by atoms with van der Waals surface area (Å²) in [4.78, 5) is 29.4. The Morgan fingerprint density at radius 2 is 1.95 bits per heavy atom. The monoisotopic (exact) mass is 288 g/mol. The number of nitrogens with zero attached hydrogens (tertiary/aromatic N) is 3. The van der Waals surface area contributed by atoms with Crippen molar-refractivity contribution in [1.82, 2.24) is 9.97 Å². The van der Waals surface area contributed by atoms with Gasteiger partial charge in [0.2, 0.25) is 5.95 Å². The Labute approximate surface area is 119 Å². The maximum absolute atomic E-state index is 11.4. The Balaban J connectivity index is 2.64. The van der Waals surface area contributed by atoms with Crippen molar-refractivity contribution in [2.24, 2.45) is 0 Å². The standard InChI is InChI=1S/C13H12N4O4/c1-2-9-10(12(18)19)11(16-13(14)15-9)7-3-5-8(6-4-7)17(20)21/h3-6H,2H2,1H3,(H,18,19)(H2,14,15,16). The molecule has 8 heteroatoms. The van der Waals surface area contributed by atoms with E-state index in [-0.39, 0.29) is 22.9 Å². The lowest BCUT2D eigenvalue weighted by Crippen LogP contribution is -2.11. The van der Waals surface area contributed by atoms with Crippen molar-refractivity contribution in [1.29, 1.82) is 0 Å². The van der Waals surface area contributed by atoms with Crippen molar-refractivity contribution in [3.05, 3.63) is 45.6 Å². The van der Waals surface area contributed by atoms with Crippen molar-refractivity contribution in [2.75, 3.05) is 5.73 Å². The van der Waals surface area contributed by atoms with E-state index in [9.17, 15) is 20.0 Å². The van der Waals surface area contributed by atoms with Crippen molar-refractivity contribution in [3.8, 4) is 11.3 Å². The average Bonchev–Trinajstić information content (AvgIpc) is 2.45. The number of carbonyl (C=O) groups is 1. The fraction of sp³-hybridized carbons (Fsp3) is 0.154. The van der Waals surface area contributed by atoms with Gasteiger partial charge in [-0.3, -0.25) is 10.1 Å². The van der Waals surface area contributed by atoms with Crippen molar-refractivity contribution >= 4 is 17.6 Å². The van der Waals surface area contributed by atoms with Crippen molar-refractivity contribution < 1.29 is 14.8 Å². The van der Waals surface area contributed by atoms with Crippen LogP contribution in [0.25, 0.3) is 11.3 Å². The van der Waals surface area contributed by atoms with Gasteiger partial charge >= 0.3 is 5.97 Å². The summed E-state index contributed by atoms with van der Waals surface area (Å²) >= 11 is 0. The number of nitro groups is 1. The molecule has 3 N–H and O–H groups in total. The van der Waals surface area contributed by atoms with Gasteiger partial charge in [0.05, 0.1) is 16.3 Å². The van der Waals surface area contributed by atoms with Gasteiger partial charge in [0, 0.05) is 17.7 Å². The Bertz CT molecular complexity index is 713. The molecule has 8 nitrogen and oxygen atoms in total. The third-order valence-corrected chi connectivity index (χ3v) is 2.90. The van der Waals surface area contributed by atoms with Crippen molar-refractivity contribution in [2.45, 2.75) is 13.3 Å². The van der Waals surface area contributed by atoms with Crippen LogP contribution in [0.4, 0.5) is 11.6 Å². The molecule has 21 heavy (non-hydrogen) atoms. The molecule has 0 unspecified atom stereocenters.